The van der Waals surface area contributed by atoms with Gasteiger partial charge in [0.15, 0.2) is 5.82 Å². The molecule has 3 fully saturated rings. The third kappa shape index (κ3) is 3.92. The van der Waals surface area contributed by atoms with Crippen molar-refractivity contribution in [3.63, 3.8) is 0 Å². The van der Waals surface area contributed by atoms with Crippen molar-refractivity contribution in [1.82, 2.24) is 20.3 Å². The molecule has 4 aromatic rings. The number of nitrogens with one attached hydrogen (secondary N) is 2. The first kappa shape index (κ1) is 22.0. The molecule has 1 amide bonds. The molecule has 3 aliphatic rings. The van der Waals surface area contributed by atoms with Gasteiger partial charge in [0, 0.05) is 31.4 Å². The first-order valence-corrected chi connectivity index (χ1v) is 12.3. The average molecular weight is 493 g/mol. The van der Waals surface area contributed by atoms with Gasteiger partial charge < -0.3 is 15.5 Å². The number of rotatable bonds is 4. The van der Waals surface area contributed by atoms with Crippen LogP contribution >= 0.6 is 11.3 Å². The first-order chi connectivity index (χ1) is 17.0. The van der Waals surface area contributed by atoms with Gasteiger partial charge >= 0.3 is 0 Å². The summed E-state index contributed by atoms with van der Waals surface area (Å²) in [7, 11) is 0. The average Bonchev–Trinajstić information content (AvgIpc) is 3.25. The Morgan fingerprint density at radius 1 is 1.14 bits per heavy atom. The number of halogens is 2. The molecule has 0 unspecified atom stereocenters. The number of hydrogen-bond acceptors (Lipinski definition) is 7. The van der Waals surface area contributed by atoms with Crippen LogP contribution in [-0.4, -0.2) is 46.0 Å². The lowest BCUT2D eigenvalue weighted by molar-refractivity contribution is 0.102. The summed E-state index contributed by atoms with van der Waals surface area (Å²) in [5.41, 5.74) is 2.07. The molecule has 0 radical (unpaired) electrons. The molecule has 178 valence electrons. The molecule has 2 atom stereocenters. The van der Waals surface area contributed by atoms with Crippen molar-refractivity contribution in [1.29, 1.82) is 0 Å². The van der Waals surface area contributed by atoms with E-state index in [1.165, 1.54) is 18.3 Å². The first-order valence-electron chi connectivity index (χ1n) is 11.5. The van der Waals surface area contributed by atoms with Crippen molar-refractivity contribution < 1.29 is 13.6 Å². The minimum atomic E-state index is -0.789. The van der Waals surface area contributed by atoms with Gasteiger partial charge in [0.05, 0.1) is 26.6 Å². The van der Waals surface area contributed by atoms with Crippen LogP contribution in [0.4, 0.5) is 20.2 Å². The highest BCUT2D eigenvalue weighted by Crippen LogP contribution is 2.40. The molecule has 0 saturated carbocycles. The number of piperidine rings is 2. The summed E-state index contributed by atoms with van der Waals surface area (Å²) in [6.45, 7) is 3.70. The van der Waals surface area contributed by atoms with Crippen LogP contribution in [0.5, 0.6) is 0 Å². The number of anilines is 2. The molecule has 0 spiro atoms. The van der Waals surface area contributed by atoms with Crippen LogP contribution in [0.1, 0.15) is 28.3 Å². The number of thiazole rings is 1. The van der Waals surface area contributed by atoms with Crippen molar-refractivity contribution in [2.24, 2.45) is 0 Å². The van der Waals surface area contributed by atoms with Crippen molar-refractivity contribution >= 4 is 38.8 Å². The van der Waals surface area contributed by atoms with E-state index in [1.807, 2.05) is 19.1 Å². The fourth-order valence-corrected chi connectivity index (χ4v) is 5.80. The molecule has 2 aromatic carbocycles. The number of aryl methyl sites for hydroxylation is 1. The molecule has 5 heterocycles. The van der Waals surface area contributed by atoms with Crippen LogP contribution in [0, 0.1) is 18.6 Å². The van der Waals surface area contributed by atoms with Crippen molar-refractivity contribution in [2.45, 2.75) is 31.8 Å². The van der Waals surface area contributed by atoms with Gasteiger partial charge in [-0.2, -0.15) is 0 Å². The van der Waals surface area contributed by atoms with Crippen LogP contribution in [0.2, 0.25) is 0 Å². The van der Waals surface area contributed by atoms with E-state index in [9.17, 15) is 13.6 Å². The molecule has 2 aromatic heterocycles. The highest BCUT2D eigenvalue weighted by Gasteiger charge is 2.36. The predicted molar refractivity (Wildman–Crippen MR) is 132 cm³/mol. The van der Waals surface area contributed by atoms with Crippen LogP contribution in [0.3, 0.4) is 0 Å². The Labute approximate surface area is 204 Å². The number of hydrogen-bond donors (Lipinski definition) is 2. The lowest BCUT2D eigenvalue weighted by Gasteiger charge is -2.47. The van der Waals surface area contributed by atoms with Crippen molar-refractivity contribution in [2.75, 3.05) is 23.3 Å². The fourth-order valence-electron chi connectivity index (χ4n) is 4.97. The van der Waals surface area contributed by atoms with Gasteiger partial charge in [-0.1, -0.05) is 6.07 Å². The molecule has 2 bridgehead atoms. The minimum absolute atomic E-state index is 0.0139. The zero-order chi connectivity index (χ0) is 24.1. The number of piperazine rings is 1. The topological polar surface area (TPSA) is 83.0 Å². The summed E-state index contributed by atoms with van der Waals surface area (Å²) in [6, 6.07) is 9.53. The third-order valence-corrected chi connectivity index (χ3v) is 7.54. The van der Waals surface area contributed by atoms with E-state index in [-0.39, 0.29) is 17.1 Å². The van der Waals surface area contributed by atoms with Crippen LogP contribution in [0.15, 0.2) is 42.6 Å². The normalized spacial score (nSPS) is 19.3. The van der Waals surface area contributed by atoms with E-state index in [0.29, 0.717) is 17.8 Å². The Morgan fingerprint density at radius 3 is 2.69 bits per heavy atom. The maximum absolute atomic E-state index is 14.3. The quantitative estimate of drug-likeness (QED) is 0.436. The molecule has 2 N–H and O–H groups in total. The highest BCUT2D eigenvalue weighted by atomic mass is 32.1. The zero-order valence-corrected chi connectivity index (χ0v) is 19.7. The summed E-state index contributed by atoms with van der Waals surface area (Å²) in [4.78, 5) is 28.6. The molecule has 10 heteroatoms. The van der Waals surface area contributed by atoms with Gasteiger partial charge in [-0.05, 0) is 50.1 Å². The second-order valence-electron chi connectivity index (χ2n) is 8.85. The van der Waals surface area contributed by atoms with Gasteiger partial charge in [-0.3, -0.25) is 4.79 Å². The molecule has 7 rings (SSSR count). The molecular weight excluding hydrogens is 470 g/mol. The Bertz CT molecular complexity index is 1430. The number of nitrogens with zero attached hydrogens (tertiary/aromatic N) is 4. The summed E-state index contributed by atoms with van der Waals surface area (Å²) < 4.78 is 29.6. The Hall–Kier alpha value is -3.50. The summed E-state index contributed by atoms with van der Waals surface area (Å²) >= 11 is 1.62. The van der Waals surface area contributed by atoms with E-state index >= 15 is 0 Å². The van der Waals surface area contributed by atoms with E-state index in [2.05, 4.69) is 25.5 Å². The van der Waals surface area contributed by atoms with E-state index in [0.717, 1.165) is 59.0 Å². The van der Waals surface area contributed by atoms with Gasteiger partial charge in [0.2, 0.25) is 0 Å². The monoisotopic (exact) mass is 492 g/mol. The SMILES string of the molecule is Cc1nc2c(N3C[C@@H]4CC[C@H]3CN4)c(NC(=O)c3ccnc(-c4c(F)cccc4F)n3)ccc2s1. The van der Waals surface area contributed by atoms with Crippen LogP contribution in [0.25, 0.3) is 21.6 Å². The largest absolute Gasteiger partial charge is 0.362 e. The number of carbonyl (C=O) groups excluding carboxylic acids is 1. The smallest absolute Gasteiger partial charge is 0.274 e. The second kappa shape index (κ2) is 8.62. The fraction of sp³-hybridized carbons (Fsp3) is 0.280. The summed E-state index contributed by atoms with van der Waals surface area (Å²) in [5.74, 6) is -2.25. The molecule has 3 aliphatic heterocycles. The van der Waals surface area contributed by atoms with E-state index < -0.39 is 17.5 Å². The van der Waals surface area contributed by atoms with Crippen molar-refractivity contribution in [3.8, 4) is 11.4 Å². The Kier molecular flexibility index (Phi) is 5.42. The number of carbonyl (C=O) groups is 1. The lowest BCUT2D eigenvalue weighted by Crippen LogP contribution is -2.61. The van der Waals surface area contributed by atoms with Gasteiger partial charge in [0.1, 0.15) is 22.8 Å². The zero-order valence-electron chi connectivity index (χ0n) is 18.9. The Morgan fingerprint density at radius 2 is 1.97 bits per heavy atom. The second-order valence-corrected chi connectivity index (χ2v) is 10.1. The van der Waals surface area contributed by atoms with E-state index in [4.69, 9.17) is 4.98 Å². The summed E-state index contributed by atoms with van der Waals surface area (Å²) in [5, 5.41) is 7.50. The van der Waals surface area contributed by atoms with Crippen molar-refractivity contribution in [3.05, 3.63) is 64.9 Å². The predicted octanol–water partition coefficient (Wildman–Crippen LogP) is 4.53. The number of benzene rings is 2. The van der Waals surface area contributed by atoms with E-state index in [1.54, 1.807) is 11.3 Å². The maximum atomic E-state index is 14.3. The molecule has 35 heavy (non-hydrogen) atoms. The molecule has 3 saturated heterocycles. The minimum Gasteiger partial charge on any atom is -0.362 e. The number of aromatic nitrogens is 3. The van der Waals surface area contributed by atoms with Gasteiger partial charge in [-0.25, -0.2) is 23.7 Å². The van der Waals surface area contributed by atoms with Gasteiger partial charge in [0.25, 0.3) is 5.91 Å². The maximum Gasteiger partial charge on any atom is 0.274 e. The number of amides is 1. The molecular formula is C25H22F2N6OS. The highest BCUT2D eigenvalue weighted by molar-refractivity contribution is 7.18. The summed E-state index contributed by atoms with van der Waals surface area (Å²) in [6.07, 6.45) is 3.53. The van der Waals surface area contributed by atoms with Crippen LogP contribution < -0.4 is 15.5 Å². The third-order valence-electron chi connectivity index (χ3n) is 6.60. The standard InChI is InChI=1S/C25H22F2N6OS/c1-13-30-22-20(35-13)8-7-18(23(22)33-12-14-5-6-15(33)11-29-14)32-25(34)19-9-10-28-24(31-19)21-16(26)3-2-4-17(21)27/h2-4,7-10,14-15,29H,5-6,11-12H2,1H3,(H,32,34)/t14-,15-/m0/s1. The Balaban J connectivity index is 1.38. The molecule has 7 nitrogen and oxygen atoms in total. The van der Waals surface area contributed by atoms with Crippen LogP contribution in [-0.2, 0) is 0 Å². The molecule has 0 aliphatic carbocycles. The van der Waals surface area contributed by atoms with Gasteiger partial charge in [-0.15, -0.1) is 11.3 Å². The lowest BCUT2D eigenvalue weighted by atomic mass is 9.92. The number of fused-ring (bicyclic) bond motifs is 4.